The van der Waals surface area contributed by atoms with Gasteiger partial charge < -0.3 is 19.5 Å². The molecule has 2 aliphatic heterocycles. The minimum absolute atomic E-state index is 0.180. The first-order chi connectivity index (χ1) is 18.0. The van der Waals surface area contributed by atoms with Crippen molar-refractivity contribution in [2.75, 3.05) is 31.9 Å². The highest BCUT2D eigenvalue weighted by atomic mass is 32.2. The number of ether oxygens (including phenoxy) is 3. The number of fused-ring (bicyclic) bond motifs is 2. The van der Waals surface area contributed by atoms with Gasteiger partial charge in [-0.1, -0.05) is 36.1 Å². The van der Waals surface area contributed by atoms with Crippen LogP contribution in [0.3, 0.4) is 0 Å². The lowest BCUT2D eigenvalue weighted by Crippen LogP contribution is -2.27. The number of amides is 1. The average molecular weight is 539 g/mol. The van der Waals surface area contributed by atoms with E-state index in [0.717, 1.165) is 17.5 Å². The molecule has 0 aliphatic carbocycles. The number of nitrogens with one attached hydrogen (secondary N) is 1. The van der Waals surface area contributed by atoms with Crippen molar-refractivity contribution in [3.05, 3.63) is 68.5 Å². The van der Waals surface area contributed by atoms with Crippen molar-refractivity contribution in [3.8, 4) is 11.5 Å². The van der Waals surface area contributed by atoms with E-state index in [0.29, 0.717) is 57.5 Å². The first kappa shape index (κ1) is 25.2. The Kier molecular flexibility index (Phi) is 7.45. The number of hydrogen-bond acceptors (Lipinski definition) is 9. The highest BCUT2D eigenvalue weighted by Gasteiger charge is 2.33. The molecule has 2 aliphatic rings. The lowest BCUT2D eigenvalue weighted by atomic mass is 10.2. The molecule has 0 saturated carbocycles. The van der Waals surface area contributed by atoms with Crippen LogP contribution in [-0.2, 0) is 16.1 Å². The maximum atomic E-state index is 13.5. The fraction of sp³-hybridized carbons (Fsp3) is 0.308. The SMILES string of the molecule is CCOCCCNc1nc2c(C)cccn2c(=O)c1C=C1SC(=S)N(Cc2ccc3c(c2)OCO3)C1=O. The second-order valence-electron chi connectivity index (χ2n) is 8.50. The van der Waals surface area contributed by atoms with Gasteiger partial charge >= 0.3 is 0 Å². The van der Waals surface area contributed by atoms with Gasteiger partial charge in [0.15, 0.2) is 11.5 Å². The van der Waals surface area contributed by atoms with Crippen molar-refractivity contribution in [2.24, 2.45) is 0 Å². The third-order valence-electron chi connectivity index (χ3n) is 5.97. The van der Waals surface area contributed by atoms with Crippen LogP contribution in [0.1, 0.15) is 30.0 Å². The molecule has 1 fully saturated rings. The predicted molar refractivity (Wildman–Crippen MR) is 147 cm³/mol. The van der Waals surface area contributed by atoms with Gasteiger partial charge in [0.05, 0.1) is 17.0 Å². The van der Waals surface area contributed by atoms with Gasteiger partial charge in [0.2, 0.25) is 6.79 Å². The summed E-state index contributed by atoms with van der Waals surface area (Å²) < 4.78 is 18.1. The zero-order valence-corrected chi connectivity index (χ0v) is 22.1. The molecule has 192 valence electrons. The summed E-state index contributed by atoms with van der Waals surface area (Å²) in [6.45, 7) is 6.14. The van der Waals surface area contributed by atoms with Gasteiger partial charge in [0, 0.05) is 26.0 Å². The van der Waals surface area contributed by atoms with E-state index < -0.39 is 0 Å². The zero-order chi connectivity index (χ0) is 25.9. The van der Waals surface area contributed by atoms with E-state index in [9.17, 15) is 9.59 Å². The molecule has 0 atom stereocenters. The molecule has 9 nitrogen and oxygen atoms in total. The van der Waals surface area contributed by atoms with Gasteiger partial charge in [0.1, 0.15) is 15.8 Å². The molecule has 0 unspecified atom stereocenters. The van der Waals surface area contributed by atoms with Crippen molar-refractivity contribution in [1.82, 2.24) is 14.3 Å². The number of pyridine rings is 1. The number of carbonyl (C=O) groups excluding carboxylic acids is 1. The van der Waals surface area contributed by atoms with Crippen LogP contribution in [0.2, 0.25) is 0 Å². The molecule has 0 radical (unpaired) electrons. The molecule has 1 amide bonds. The molecule has 1 saturated heterocycles. The zero-order valence-electron chi connectivity index (χ0n) is 20.5. The van der Waals surface area contributed by atoms with Crippen molar-refractivity contribution in [2.45, 2.75) is 26.8 Å². The van der Waals surface area contributed by atoms with Crippen LogP contribution in [0.4, 0.5) is 5.82 Å². The standard InChI is InChI=1S/C26H26N4O5S2/c1-3-33-11-5-9-27-22-18(24(31)29-10-4-6-16(2)23(29)28-22)13-21-25(32)30(26(36)37-21)14-17-7-8-19-20(12-17)35-15-34-19/h4,6-8,10,12-13,27H,3,5,9,11,14-15H2,1-2H3. The lowest BCUT2D eigenvalue weighted by molar-refractivity contribution is -0.122. The van der Waals surface area contributed by atoms with E-state index in [4.69, 9.17) is 31.4 Å². The van der Waals surface area contributed by atoms with Gasteiger partial charge in [-0.05, 0) is 55.7 Å². The van der Waals surface area contributed by atoms with Crippen LogP contribution in [0.25, 0.3) is 11.7 Å². The summed E-state index contributed by atoms with van der Waals surface area (Å²) in [5.74, 6) is 1.49. The van der Waals surface area contributed by atoms with Crippen molar-refractivity contribution in [3.63, 3.8) is 0 Å². The lowest BCUT2D eigenvalue weighted by Gasteiger charge is -2.15. The number of anilines is 1. The van der Waals surface area contributed by atoms with Crippen LogP contribution in [-0.4, -0.2) is 51.1 Å². The minimum Gasteiger partial charge on any atom is -0.454 e. The van der Waals surface area contributed by atoms with Crippen LogP contribution >= 0.6 is 24.0 Å². The fourth-order valence-corrected chi connectivity index (χ4v) is 5.33. The molecule has 0 spiro atoms. The summed E-state index contributed by atoms with van der Waals surface area (Å²) >= 11 is 6.69. The van der Waals surface area contributed by atoms with E-state index in [-0.39, 0.29) is 24.8 Å². The minimum atomic E-state index is -0.262. The average Bonchev–Trinajstić information content (AvgIpc) is 3.46. The molecule has 0 bridgehead atoms. The number of aromatic nitrogens is 2. The van der Waals surface area contributed by atoms with Crippen LogP contribution < -0.4 is 20.3 Å². The molecular formula is C26H26N4O5S2. The summed E-state index contributed by atoms with van der Waals surface area (Å²) in [6.07, 6.45) is 4.02. The smallest absolute Gasteiger partial charge is 0.267 e. The molecule has 5 rings (SSSR count). The number of benzene rings is 1. The Morgan fingerprint density at radius 1 is 1.24 bits per heavy atom. The number of hydrogen-bond donors (Lipinski definition) is 1. The van der Waals surface area contributed by atoms with Gasteiger partial charge in [-0.2, -0.15) is 0 Å². The summed E-state index contributed by atoms with van der Waals surface area (Å²) in [6, 6.07) is 9.24. The molecule has 1 N–H and O–H groups in total. The molecule has 3 aromatic rings. The van der Waals surface area contributed by atoms with Gasteiger partial charge in [-0.3, -0.25) is 18.9 Å². The maximum Gasteiger partial charge on any atom is 0.267 e. The first-order valence-corrected chi connectivity index (χ1v) is 13.2. The number of thiocarbonyl (C=S) groups is 1. The van der Waals surface area contributed by atoms with Crippen molar-refractivity contribution < 1.29 is 19.0 Å². The summed E-state index contributed by atoms with van der Waals surface area (Å²) in [4.78, 5) is 33.5. The van der Waals surface area contributed by atoms with E-state index in [1.165, 1.54) is 21.1 Å². The van der Waals surface area contributed by atoms with Gasteiger partial charge in [-0.15, -0.1) is 0 Å². The van der Waals surface area contributed by atoms with Crippen LogP contribution in [0, 0.1) is 6.92 Å². The quantitative estimate of drug-likeness (QED) is 0.247. The molecule has 11 heteroatoms. The second-order valence-corrected chi connectivity index (χ2v) is 10.2. The number of nitrogens with zero attached hydrogens (tertiary/aromatic N) is 3. The van der Waals surface area contributed by atoms with Crippen LogP contribution in [0.5, 0.6) is 11.5 Å². The Bertz CT molecular complexity index is 1470. The van der Waals surface area contributed by atoms with E-state index in [2.05, 4.69) is 5.32 Å². The molecular weight excluding hydrogens is 512 g/mol. The highest BCUT2D eigenvalue weighted by molar-refractivity contribution is 8.26. The number of carbonyl (C=O) groups is 1. The molecule has 2 aromatic heterocycles. The van der Waals surface area contributed by atoms with Gasteiger partial charge in [-0.25, -0.2) is 4.98 Å². The Hall–Kier alpha value is -3.41. The highest BCUT2D eigenvalue weighted by Crippen LogP contribution is 2.36. The number of rotatable bonds is 9. The van der Waals surface area contributed by atoms with E-state index in [1.54, 1.807) is 18.3 Å². The number of thioether (sulfide) groups is 1. The Labute approximate surface area is 223 Å². The molecule has 1 aromatic carbocycles. The third kappa shape index (κ3) is 5.20. The van der Waals surface area contributed by atoms with E-state index >= 15 is 0 Å². The summed E-state index contributed by atoms with van der Waals surface area (Å²) in [5, 5.41) is 3.27. The van der Waals surface area contributed by atoms with Crippen LogP contribution in [0.15, 0.2) is 46.2 Å². The largest absolute Gasteiger partial charge is 0.454 e. The Morgan fingerprint density at radius 3 is 2.92 bits per heavy atom. The first-order valence-electron chi connectivity index (χ1n) is 11.9. The molecule has 37 heavy (non-hydrogen) atoms. The second kappa shape index (κ2) is 10.9. The van der Waals surface area contributed by atoms with Gasteiger partial charge in [0.25, 0.3) is 11.5 Å². The van der Waals surface area contributed by atoms with Crippen molar-refractivity contribution in [1.29, 1.82) is 0 Å². The Balaban J connectivity index is 1.45. The van der Waals surface area contributed by atoms with Crippen molar-refractivity contribution >= 4 is 51.7 Å². The monoisotopic (exact) mass is 538 g/mol. The molecule has 4 heterocycles. The fourth-order valence-electron chi connectivity index (χ4n) is 4.09. The predicted octanol–water partition coefficient (Wildman–Crippen LogP) is 3.97. The maximum absolute atomic E-state index is 13.5. The topological polar surface area (TPSA) is 94.4 Å². The summed E-state index contributed by atoms with van der Waals surface area (Å²) in [7, 11) is 0. The summed E-state index contributed by atoms with van der Waals surface area (Å²) in [5.41, 5.74) is 2.34. The Morgan fingerprint density at radius 2 is 2.08 bits per heavy atom. The third-order valence-corrected chi connectivity index (χ3v) is 7.35. The normalized spacial score (nSPS) is 15.8. The number of aryl methyl sites for hydroxylation is 1. The van der Waals surface area contributed by atoms with E-state index in [1.807, 2.05) is 38.1 Å².